The summed E-state index contributed by atoms with van der Waals surface area (Å²) in [6, 6.07) is 6.80. The summed E-state index contributed by atoms with van der Waals surface area (Å²) in [4.78, 5) is 18.8. The molecule has 2 aliphatic heterocycles. The van der Waals surface area contributed by atoms with Gasteiger partial charge in [0.25, 0.3) is 0 Å². The highest BCUT2D eigenvalue weighted by Gasteiger charge is 2.40. The average Bonchev–Trinajstić information content (AvgIpc) is 3.30. The second kappa shape index (κ2) is 8.81. The number of hydrogen-bond donors (Lipinski definition) is 2. The standard InChI is InChI=1S/C26H15BrClF5N4O/c27-18-10-20(35-24-15-8-12(30)9-17(26(31,32)33)13(15)3-5-34-24)21-22(16-7-11(29)1-2-19(16)28)36-25(38)37-6-4-14(18)23(21)37/h1-3,5,7-10,22H,4,6H2,(H,34,35)(H,36,38). The number of anilines is 3. The molecule has 2 amide bonds. The monoisotopic (exact) mass is 608 g/mol. The van der Waals surface area contributed by atoms with Crippen molar-refractivity contribution in [3.8, 4) is 0 Å². The van der Waals surface area contributed by atoms with Crippen molar-refractivity contribution in [1.29, 1.82) is 0 Å². The Hall–Kier alpha value is -3.44. The van der Waals surface area contributed by atoms with Crippen molar-refractivity contribution in [3.63, 3.8) is 0 Å². The maximum absolute atomic E-state index is 14.3. The third-order valence-electron chi connectivity index (χ3n) is 6.72. The van der Waals surface area contributed by atoms with Gasteiger partial charge in [-0.05, 0) is 59.8 Å². The van der Waals surface area contributed by atoms with Gasteiger partial charge in [0, 0.05) is 44.4 Å². The lowest BCUT2D eigenvalue weighted by Gasteiger charge is -2.35. The predicted molar refractivity (Wildman–Crippen MR) is 137 cm³/mol. The number of nitrogens with one attached hydrogen (secondary N) is 2. The second-order valence-corrected chi connectivity index (χ2v) is 10.2. The van der Waals surface area contributed by atoms with E-state index in [1.165, 1.54) is 30.5 Å². The van der Waals surface area contributed by atoms with E-state index in [1.54, 1.807) is 11.0 Å². The molecule has 0 fully saturated rings. The molecule has 0 spiro atoms. The Bertz CT molecular complexity index is 1660. The highest BCUT2D eigenvalue weighted by Crippen LogP contribution is 2.49. The SMILES string of the molecule is O=C1NC(c2cc(F)ccc2Cl)c2c(Nc3nccc4c(C(F)(F)F)cc(F)cc34)cc(Br)c3c2N1CC3. The second-order valence-electron chi connectivity index (χ2n) is 8.93. The van der Waals surface area contributed by atoms with Gasteiger partial charge in [-0.15, -0.1) is 0 Å². The lowest BCUT2D eigenvalue weighted by molar-refractivity contribution is -0.136. The molecule has 0 saturated heterocycles. The molecule has 1 aromatic heterocycles. The Kier molecular flexibility index (Phi) is 5.76. The first-order chi connectivity index (χ1) is 18.0. The Morgan fingerprint density at radius 1 is 1.08 bits per heavy atom. The molecule has 12 heteroatoms. The number of urea groups is 1. The van der Waals surface area contributed by atoms with Gasteiger partial charge in [-0.25, -0.2) is 18.6 Å². The number of aromatic nitrogens is 1. The molecule has 2 aliphatic rings. The topological polar surface area (TPSA) is 57.3 Å². The smallest absolute Gasteiger partial charge is 0.339 e. The first kappa shape index (κ1) is 24.9. The minimum Gasteiger partial charge on any atom is -0.339 e. The van der Waals surface area contributed by atoms with Gasteiger partial charge < -0.3 is 10.6 Å². The van der Waals surface area contributed by atoms with E-state index in [1.807, 2.05) is 0 Å². The molecule has 38 heavy (non-hydrogen) atoms. The summed E-state index contributed by atoms with van der Waals surface area (Å²) in [5.41, 5.74) is 1.49. The van der Waals surface area contributed by atoms with Crippen LogP contribution in [0.2, 0.25) is 5.02 Å². The van der Waals surface area contributed by atoms with Crippen LogP contribution >= 0.6 is 27.5 Å². The molecule has 0 radical (unpaired) electrons. The zero-order valence-corrected chi connectivity index (χ0v) is 21.4. The zero-order valence-electron chi connectivity index (χ0n) is 19.1. The van der Waals surface area contributed by atoms with Crippen molar-refractivity contribution in [3.05, 3.63) is 92.0 Å². The summed E-state index contributed by atoms with van der Waals surface area (Å²) in [6.45, 7) is 0.395. The lowest BCUT2D eigenvalue weighted by atomic mass is 9.91. The lowest BCUT2D eigenvalue weighted by Crippen LogP contribution is -2.46. The molecule has 0 bridgehead atoms. The quantitative estimate of drug-likeness (QED) is 0.233. The fourth-order valence-corrected chi connectivity index (χ4v) is 5.97. The number of hydrogen-bond acceptors (Lipinski definition) is 3. The van der Waals surface area contributed by atoms with Crippen LogP contribution in [0.5, 0.6) is 0 Å². The van der Waals surface area contributed by atoms with E-state index in [-0.39, 0.29) is 21.6 Å². The molecule has 3 aromatic carbocycles. The van der Waals surface area contributed by atoms with Gasteiger partial charge in [0.2, 0.25) is 0 Å². The van der Waals surface area contributed by atoms with Crippen LogP contribution < -0.4 is 15.5 Å². The number of carbonyl (C=O) groups is 1. The summed E-state index contributed by atoms with van der Waals surface area (Å²) in [5.74, 6) is -1.66. The fraction of sp³-hybridized carbons (Fsp3) is 0.154. The maximum atomic E-state index is 14.3. The van der Waals surface area contributed by atoms with Gasteiger partial charge >= 0.3 is 12.2 Å². The van der Waals surface area contributed by atoms with Gasteiger partial charge in [0.15, 0.2) is 0 Å². The summed E-state index contributed by atoms with van der Waals surface area (Å²) in [6.07, 6.45) is -3.04. The molecule has 2 N–H and O–H groups in total. The number of benzene rings is 3. The number of nitrogens with zero attached hydrogens (tertiary/aromatic N) is 2. The number of amides is 2. The van der Waals surface area contributed by atoms with Crippen LogP contribution in [0.4, 0.5) is 43.9 Å². The number of alkyl halides is 3. The molecule has 1 unspecified atom stereocenters. The predicted octanol–water partition coefficient (Wildman–Crippen LogP) is 7.87. The Labute approximate surface area is 225 Å². The maximum Gasteiger partial charge on any atom is 0.417 e. The van der Waals surface area contributed by atoms with E-state index in [9.17, 15) is 26.7 Å². The van der Waals surface area contributed by atoms with Gasteiger partial charge in [-0.3, -0.25) is 4.90 Å². The van der Waals surface area contributed by atoms with Crippen molar-refractivity contribution in [2.75, 3.05) is 16.8 Å². The third-order valence-corrected chi connectivity index (χ3v) is 7.77. The van der Waals surface area contributed by atoms with Crippen LogP contribution in [-0.2, 0) is 12.6 Å². The van der Waals surface area contributed by atoms with E-state index < -0.39 is 35.4 Å². The molecule has 6 rings (SSSR count). The third kappa shape index (κ3) is 3.95. The van der Waals surface area contributed by atoms with Crippen molar-refractivity contribution in [1.82, 2.24) is 10.3 Å². The summed E-state index contributed by atoms with van der Waals surface area (Å²) < 4.78 is 70.3. The average molecular weight is 610 g/mol. The number of carbonyl (C=O) groups excluding carboxylic acids is 1. The van der Waals surface area contributed by atoms with E-state index in [4.69, 9.17) is 11.6 Å². The summed E-state index contributed by atoms with van der Waals surface area (Å²) in [7, 11) is 0. The van der Waals surface area contributed by atoms with E-state index >= 15 is 0 Å². The normalized spacial score (nSPS) is 16.6. The molecular formula is C26H15BrClF5N4O. The summed E-state index contributed by atoms with van der Waals surface area (Å²) >= 11 is 9.95. The van der Waals surface area contributed by atoms with Crippen LogP contribution in [0.25, 0.3) is 10.8 Å². The molecular weight excluding hydrogens is 595 g/mol. The van der Waals surface area contributed by atoms with Gasteiger partial charge in [0.05, 0.1) is 17.3 Å². The number of pyridine rings is 1. The first-order valence-corrected chi connectivity index (χ1v) is 12.5. The van der Waals surface area contributed by atoms with Crippen LogP contribution in [0.1, 0.15) is 28.3 Å². The molecule has 5 nitrogen and oxygen atoms in total. The zero-order chi connectivity index (χ0) is 26.9. The number of rotatable bonds is 3. The van der Waals surface area contributed by atoms with E-state index in [2.05, 4.69) is 31.5 Å². The van der Waals surface area contributed by atoms with Crippen LogP contribution in [-0.4, -0.2) is 17.6 Å². The van der Waals surface area contributed by atoms with Gasteiger partial charge in [-0.1, -0.05) is 27.5 Å². The van der Waals surface area contributed by atoms with Crippen molar-refractivity contribution >= 4 is 61.5 Å². The van der Waals surface area contributed by atoms with Crippen LogP contribution in [0.15, 0.2) is 53.1 Å². The molecule has 0 aliphatic carbocycles. The molecule has 1 atom stereocenters. The Morgan fingerprint density at radius 2 is 1.87 bits per heavy atom. The minimum absolute atomic E-state index is 0.0267. The van der Waals surface area contributed by atoms with Crippen molar-refractivity contribution in [2.45, 2.75) is 18.6 Å². The number of fused-ring (bicyclic) bond motifs is 1. The van der Waals surface area contributed by atoms with Crippen LogP contribution in [0, 0.1) is 11.6 Å². The molecule has 3 heterocycles. The van der Waals surface area contributed by atoms with Gasteiger partial charge in [-0.2, -0.15) is 13.2 Å². The highest BCUT2D eigenvalue weighted by molar-refractivity contribution is 9.10. The summed E-state index contributed by atoms with van der Waals surface area (Å²) in [5, 5.41) is 5.82. The fourth-order valence-electron chi connectivity index (χ4n) is 5.13. The van der Waals surface area contributed by atoms with Gasteiger partial charge in [0.1, 0.15) is 17.5 Å². The highest BCUT2D eigenvalue weighted by atomic mass is 79.9. The largest absolute Gasteiger partial charge is 0.417 e. The van der Waals surface area contributed by atoms with Crippen molar-refractivity contribution < 1.29 is 26.7 Å². The minimum atomic E-state index is -4.79. The Morgan fingerprint density at radius 3 is 2.63 bits per heavy atom. The molecule has 0 saturated carbocycles. The first-order valence-electron chi connectivity index (χ1n) is 11.3. The van der Waals surface area contributed by atoms with E-state index in [0.717, 1.165) is 11.6 Å². The van der Waals surface area contributed by atoms with Crippen molar-refractivity contribution in [2.24, 2.45) is 0 Å². The molecule has 4 aromatic rings. The number of halogens is 7. The van der Waals surface area contributed by atoms with E-state index in [0.29, 0.717) is 46.0 Å². The van der Waals surface area contributed by atoms with Crippen LogP contribution in [0.3, 0.4) is 0 Å². The Balaban J connectivity index is 1.58. The molecule has 194 valence electrons.